The van der Waals surface area contributed by atoms with Crippen LogP contribution in [0, 0.1) is 5.82 Å². The molecule has 0 saturated carbocycles. The lowest BCUT2D eigenvalue weighted by atomic mass is 10.1. The van der Waals surface area contributed by atoms with Crippen LogP contribution in [0.1, 0.15) is 10.4 Å². The van der Waals surface area contributed by atoms with Crippen molar-refractivity contribution in [3.8, 4) is 11.3 Å². The first kappa shape index (κ1) is 15.1. The number of rotatable bonds is 3. The van der Waals surface area contributed by atoms with Gasteiger partial charge < -0.3 is 9.73 Å². The summed E-state index contributed by atoms with van der Waals surface area (Å²) >= 11 is 0. The van der Waals surface area contributed by atoms with Crippen molar-refractivity contribution in [1.29, 1.82) is 0 Å². The van der Waals surface area contributed by atoms with E-state index in [1.54, 1.807) is 42.8 Å². The van der Waals surface area contributed by atoms with Crippen molar-refractivity contribution >= 4 is 22.6 Å². The molecule has 0 saturated heterocycles. The molecule has 4 rings (SSSR count). The molecule has 2 aromatic heterocycles. The average molecular weight is 332 g/mol. The first-order chi connectivity index (χ1) is 12.2. The van der Waals surface area contributed by atoms with Gasteiger partial charge in [0.2, 0.25) is 0 Å². The number of hydrogen-bond donors (Lipinski definition) is 1. The Morgan fingerprint density at radius 3 is 2.60 bits per heavy atom. The van der Waals surface area contributed by atoms with Gasteiger partial charge in [-0.1, -0.05) is 24.3 Å². The van der Waals surface area contributed by atoms with Gasteiger partial charge in [0.1, 0.15) is 11.4 Å². The lowest BCUT2D eigenvalue weighted by molar-refractivity contribution is 0.102. The van der Waals surface area contributed by atoms with Gasteiger partial charge in [-0.2, -0.15) is 0 Å². The number of benzene rings is 2. The van der Waals surface area contributed by atoms with E-state index in [1.165, 1.54) is 12.1 Å². The second-order valence-corrected chi connectivity index (χ2v) is 5.50. The molecule has 0 spiro atoms. The van der Waals surface area contributed by atoms with Crippen LogP contribution in [0.25, 0.3) is 22.2 Å². The number of carbonyl (C=O) groups is 1. The second-order valence-electron chi connectivity index (χ2n) is 5.50. The zero-order valence-electron chi connectivity index (χ0n) is 13.1. The molecule has 2 aromatic carbocycles. The summed E-state index contributed by atoms with van der Waals surface area (Å²) in [5, 5.41) is 3.48. The van der Waals surface area contributed by atoms with E-state index in [9.17, 15) is 9.18 Å². The molecule has 0 aliphatic carbocycles. The van der Waals surface area contributed by atoms with Crippen LogP contribution in [0.5, 0.6) is 0 Å². The molecule has 4 aromatic rings. The Morgan fingerprint density at radius 1 is 1.00 bits per heavy atom. The summed E-state index contributed by atoms with van der Waals surface area (Å²) in [6.45, 7) is 0. The third kappa shape index (κ3) is 2.87. The van der Waals surface area contributed by atoms with Crippen molar-refractivity contribution < 1.29 is 13.6 Å². The van der Waals surface area contributed by atoms with Gasteiger partial charge in [-0.25, -0.2) is 4.39 Å². The summed E-state index contributed by atoms with van der Waals surface area (Å²) in [5.74, 6) is -0.838. The van der Waals surface area contributed by atoms with Crippen molar-refractivity contribution in [2.45, 2.75) is 0 Å². The predicted octanol–water partition coefficient (Wildman–Crippen LogP) is 4.89. The maximum Gasteiger partial charge on any atom is 0.255 e. The van der Waals surface area contributed by atoms with Crippen LogP contribution < -0.4 is 5.32 Å². The van der Waals surface area contributed by atoms with Crippen LogP contribution in [-0.2, 0) is 0 Å². The minimum Gasteiger partial charge on any atom is -0.464 e. The van der Waals surface area contributed by atoms with Crippen LogP contribution in [0.3, 0.4) is 0 Å². The van der Waals surface area contributed by atoms with Gasteiger partial charge in [-0.3, -0.25) is 9.78 Å². The summed E-state index contributed by atoms with van der Waals surface area (Å²) in [6.07, 6.45) is 3.30. The van der Waals surface area contributed by atoms with E-state index >= 15 is 0 Å². The number of furan rings is 1. The molecule has 122 valence electrons. The summed E-state index contributed by atoms with van der Waals surface area (Å²) in [7, 11) is 0. The highest BCUT2D eigenvalue weighted by Crippen LogP contribution is 2.27. The molecular formula is C20H13FN2O2. The second kappa shape index (κ2) is 6.20. The normalized spacial score (nSPS) is 10.8. The van der Waals surface area contributed by atoms with E-state index in [4.69, 9.17) is 4.42 Å². The molecule has 5 heteroatoms. The van der Waals surface area contributed by atoms with E-state index < -0.39 is 5.82 Å². The number of amides is 1. The van der Waals surface area contributed by atoms with Crippen LogP contribution in [-0.4, -0.2) is 10.9 Å². The lowest BCUT2D eigenvalue weighted by Crippen LogP contribution is -2.12. The molecule has 0 atom stereocenters. The number of halogens is 1. The molecule has 0 aliphatic heterocycles. The topological polar surface area (TPSA) is 55.1 Å². The van der Waals surface area contributed by atoms with Crippen molar-refractivity contribution in [3.63, 3.8) is 0 Å². The molecule has 0 unspecified atom stereocenters. The Labute approximate surface area is 142 Å². The largest absolute Gasteiger partial charge is 0.464 e. The number of para-hydroxylation sites is 1. The molecule has 0 fully saturated rings. The SMILES string of the molecule is O=C(Nc1ccccc1F)c1ccc(-c2nccc3occc23)cc1. The zero-order valence-corrected chi connectivity index (χ0v) is 13.1. The van der Waals surface area contributed by atoms with E-state index in [1.807, 2.05) is 18.2 Å². The number of hydrogen-bond acceptors (Lipinski definition) is 3. The first-order valence-corrected chi connectivity index (χ1v) is 7.71. The number of nitrogens with one attached hydrogen (secondary N) is 1. The van der Waals surface area contributed by atoms with E-state index in [-0.39, 0.29) is 11.6 Å². The fourth-order valence-corrected chi connectivity index (χ4v) is 2.66. The number of carbonyl (C=O) groups excluding carboxylic acids is 1. The number of nitrogens with zero attached hydrogens (tertiary/aromatic N) is 1. The molecule has 1 amide bonds. The lowest BCUT2D eigenvalue weighted by Gasteiger charge is -2.07. The van der Waals surface area contributed by atoms with E-state index in [2.05, 4.69) is 10.3 Å². The van der Waals surface area contributed by atoms with Gasteiger partial charge in [-0.15, -0.1) is 0 Å². The van der Waals surface area contributed by atoms with Gasteiger partial charge >= 0.3 is 0 Å². The fraction of sp³-hybridized carbons (Fsp3) is 0. The number of pyridine rings is 1. The van der Waals surface area contributed by atoms with Gasteiger partial charge in [0, 0.05) is 22.7 Å². The molecule has 2 heterocycles. The average Bonchev–Trinajstić information content (AvgIpc) is 3.12. The smallest absolute Gasteiger partial charge is 0.255 e. The monoisotopic (exact) mass is 332 g/mol. The standard InChI is InChI=1S/C20H13FN2O2/c21-16-3-1-2-4-17(16)23-20(24)14-7-5-13(6-8-14)19-15-10-12-25-18(15)9-11-22-19/h1-12H,(H,23,24). The summed E-state index contributed by atoms with van der Waals surface area (Å²) in [6, 6.07) is 16.7. The molecule has 4 nitrogen and oxygen atoms in total. The molecule has 1 N–H and O–H groups in total. The number of anilines is 1. The minimum absolute atomic E-state index is 0.154. The Bertz CT molecular complexity index is 1050. The number of fused-ring (bicyclic) bond motifs is 1. The predicted molar refractivity (Wildman–Crippen MR) is 93.8 cm³/mol. The summed E-state index contributed by atoms with van der Waals surface area (Å²) in [4.78, 5) is 16.7. The molecule has 25 heavy (non-hydrogen) atoms. The van der Waals surface area contributed by atoms with Gasteiger partial charge in [0.05, 0.1) is 17.6 Å². The van der Waals surface area contributed by atoms with Crippen LogP contribution >= 0.6 is 0 Å². The Hall–Kier alpha value is -3.47. The van der Waals surface area contributed by atoms with Crippen LogP contribution in [0.15, 0.2) is 77.5 Å². The quantitative estimate of drug-likeness (QED) is 0.581. The van der Waals surface area contributed by atoms with Crippen molar-refractivity contribution in [1.82, 2.24) is 4.98 Å². The third-order valence-corrected chi connectivity index (χ3v) is 3.92. The maximum absolute atomic E-state index is 13.6. The van der Waals surface area contributed by atoms with E-state index in [0.717, 1.165) is 22.2 Å². The molecule has 0 radical (unpaired) electrons. The molecule has 0 bridgehead atoms. The maximum atomic E-state index is 13.6. The molecule has 0 aliphatic rings. The van der Waals surface area contributed by atoms with Crippen LogP contribution in [0.2, 0.25) is 0 Å². The minimum atomic E-state index is -0.469. The van der Waals surface area contributed by atoms with Crippen molar-refractivity contribution in [2.24, 2.45) is 0 Å². The number of aromatic nitrogens is 1. The highest BCUT2D eigenvalue weighted by Gasteiger charge is 2.11. The first-order valence-electron chi connectivity index (χ1n) is 7.71. The summed E-state index contributed by atoms with van der Waals surface area (Å²) in [5.41, 5.74) is 3.00. The van der Waals surface area contributed by atoms with Crippen molar-refractivity contribution in [3.05, 3.63) is 84.5 Å². The molecular weight excluding hydrogens is 319 g/mol. The third-order valence-electron chi connectivity index (χ3n) is 3.92. The fourth-order valence-electron chi connectivity index (χ4n) is 2.66. The van der Waals surface area contributed by atoms with Crippen LogP contribution in [0.4, 0.5) is 10.1 Å². The highest BCUT2D eigenvalue weighted by molar-refractivity contribution is 6.04. The van der Waals surface area contributed by atoms with Gasteiger partial charge in [0.15, 0.2) is 0 Å². The highest BCUT2D eigenvalue weighted by atomic mass is 19.1. The van der Waals surface area contributed by atoms with Crippen molar-refractivity contribution in [2.75, 3.05) is 5.32 Å². The summed E-state index contributed by atoms with van der Waals surface area (Å²) < 4.78 is 19.0. The Balaban J connectivity index is 1.61. The zero-order chi connectivity index (χ0) is 17.2. The van der Waals surface area contributed by atoms with Gasteiger partial charge in [-0.05, 0) is 36.4 Å². The van der Waals surface area contributed by atoms with Gasteiger partial charge in [0.25, 0.3) is 5.91 Å². The Morgan fingerprint density at radius 2 is 1.80 bits per heavy atom. The van der Waals surface area contributed by atoms with E-state index in [0.29, 0.717) is 5.56 Å². The Kier molecular flexibility index (Phi) is 3.74.